The number of imidazole rings is 1. The molecule has 3 rings (SSSR count). The Balaban J connectivity index is 2.12. The highest BCUT2D eigenvalue weighted by Gasteiger charge is 2.23. The van der Waals surface area contributed by atoms with Crippen LogP contribution in [0, 0.1) is 0 Å². The first-order valence-corrected chi connectivity index (χ1v) is 6.85. The molecule has 5 heteroatoms. The molecule has 0 N–H and O–H groups in total. The summed E-state index contributed by atoms with van der Waals surface area (Å²) >= 11 is 1.55. The maximum Gasteiger partial charge on any atom is 0.360 e. The van der Waals surface area contributed by atoms with E-state index in [1.807, 2.05) is 49.4 Å². The number of aromatic nitrogens is 2. The van der Waals surface area contributed by atoms with E-state index in [4.69, 9.17) is 4.74 Å². The maximum absolute atomic E-state index is 12.1. The second kappa shape index (κ2) is 4.06. The molecule has 1 aromatic carbocycles. The van der Waals surface area contributed by atoms with Gasteiger partial charge in [-0.1, -0.05) is 12.1 Å². The molecule has 0 saturated carbocycles. The van der Waals surface area contributed by atoms with E-state index in [0.717, 1.165) is 15.0 Å². The number of rotatable bonds is 1. The smallest absolute Gasteiger partial charge is 0.360 e. The van der Waals surface area contributed by atoms with Gasteiger partial charge in [-0.15, -0.1) is 11.3 Å². The molecule has 0 bridgehead atoms. The molecule has 3 aromatic rings. The molecule has 0 aliphatic rings. The second-order valence-corrected chi connectivity index (χ2v) is 6.37. The maximum atomic E-state index is 12.1. The average molecular weight is 274 g/mol. The molecule has 0 amide bonds. The summed E-state index contributed by atoms with van der Waals surface area (Å²) in [5, 5.41) is 0. The predicted octanol–water partition coefficient (Wildman–Crippen LogP) is 3.50. The molecule has 2 aromatic heterocycles. The van der Waals surface area contributed by atoms with Crippen LogP contribution in [0.5, 0.6) is 0 Å². The van der Waals surface area contributed by atoms with E-state index in [0.29, 0.717) is 5.69 Å². The normalized spacial score (nSPS) is 12.2. The van der Waals surface area contributed by atoms with Crippen LogP contribution in [0.2, 0.25) is 0 Å². The van der Waals surface area contributed by atoms with Crippen LogP contribution in [0.25, 0.3) is 15.0 Å². The molecule has 98 valence electrons. The molecule has 0 unspecified atom stereocenters. The van der Waals surface area contributed by atoms with Crippen molar-refractivity contribution in [2.24, 2.45) is 0 Å². The third-order valence-corrected chi connectivity index (χ3v) is 3.80. The molecule has 0 fully saturated rings. The number of carbonyl (C=O) groups excluding carboxylic acids is 1. The largest absolute Gasteiger partial charge is 0.455 e. The van der Waals surface area contributed by atoms with Crippen molar-refractivity contribution in [3.8, 4) is 0 Å². The number of hydrogen-bond acceptors (Lipinski definition) is 4. The molecule has 0 atom stereocenters. The third-order valence-electron chi connectivity index (χ3n) is 2.65. The fourth-order valence-corrected chi connectivity index (χ4v) is 3.02. The molecule has 4 nitrogen and oxygen atoms in total. The zero-order chi connectivity index (χ0) is 13.6. The van der Waals surface area contributed by atoms with Crippen LogP contribution in [0.3, 0.4) is 0 Å². The van der Waals surface area contributed by atoms with Crippen LogP contribution in [0.1, 0.15) is 31.3 Å². The number of fused-ring (bicyclic) bond motifs is 3. The van der Waals surface area contributed by atoms with Crippen LogP contribution in [-0.4, -0.2) is 21.0 Å². The van der Waals surface area contributed by atoms with Gasteiger partial charge in [0.05, 0.1) is 10.2 Å². The lowest BCUT2D eigenvalue weighted by Crippen LogP contribution is -2.24. The fraction of sp³-hybridized carbons (Fsp3) is 0.286. The van der Waals surface area contributed by atoms with E-state index in [1.54, 1.807) is 17.7 Å². The van der Waals surface area contributed by atoms with E-state index in [9.17, 15) is 4.79 Å². The van der Waals surface area contributed by atoms with Gasteiger partial charge >= 0.3 is 5.97 Å². The first-order valence-electron chi connectivity index (χ1n) is 6.04. The van der Waals surface area contributed by atoms with Crippen molar-refractivity contribution in [1.82, 2.24) is 9.38 Å². The Morgan fingerprint density at radius 3 is 2.79 bits per heavy atom. The summed E-state index contributed by atoms with van der Waals surface area (Å²) in [6.07, 6.45) is 1.67. The molecular formula is C14H14N2O2S. The molecule has 0 aliphatic carbocycles. The minimum atomic E-state index is -0.510. The van der Waals surface area contributed by atoms with Gasteiger partial charge in [-0.05, 0) is 32.9 Å². The Bertz CT molecular complexity index is 765. The van der Waals surface area contributed by atoms with E-state index in [1.165, 1.54) is 0 Å². The van der Waals surface area contributed by atoms with Crippen molar-refractivity contribution in [3.05, 3.63) is 36.3 Å². The molecule has 0 saturated heterocycles. The summed E-state index contributed by atoms with van der Waals surface area (Å²) in [4.78, 5) is 17.1. The van der Waals surface area contributed by atoms with E-state index in [-0.39, 0.29) is 5.97 Å². The summed E-state index contributed by atoms with van der Waals surface area (Å²) in [7, 11) is 0. The lowest BCUT2D eigenvalue weighted by Gasteiger charge is -2.18. The van der Waals surface area contributed by atoms with Crippen molar-refractivity contribution < 1.29 is 9.53 Å². The highest BCUT2D eigenvalue weighted by atomic mass is 32.1. The quantitative estimate of drug-likeness (QED) is 0.638. The highest BCUT2D eigenvalue weighted by Crippen LogP contribution is 2.29. The van der Waals surface area contributed by atoms with Gasteiger partial charge in [0, 0.05) is 0 Å². The first-order chi connectivity index (χ1) is 8.96. The number of thiazole rings is 1. The number of nitrogens with zero attached hydrogens (tertiary/aromatic N) is 2. The van der Waals surface area contributed by atoms with Crippen LogP contribution in [-0.2, 0) is 4.74 Å². The third kappa shape index (κ3) is 2.10. The summed E-state index contributed by atoms with van der Waals surface area (Å²) in [5.74, 6) is -0.374. The van der Waals surface area contributed by atoms with Gasteiger partial charge in [0.15, 0.2) is 5.69 Å². The second-order valence-electron chi connectivity index (χ2n) is 5.34. The monoisotopic (exact) mass is 274 g/mol. The lowest BCUT2D eigenvalue weighted by atomic mass is 10.2. The Morgan fingerprint density at radius 2 is 2.05 bits per heavy atom. The number of esters is 1. The van der Waals surface area contributed by atoms with Crippen LogP contribution < -0.4 is 0 Å². The number of carbonyl (C=O) groups is 1. The Morgan fingerprint density at radius 1 is 1.32 bits per heavy atom. The first kappa shape index (κ1) is 12.2. The van der Waals surface area contributed by atoms with Crippen molar-refractivity contribution in [1.29, 1.82) is 0 Å². The summed E-state index contributed by atoms with van der Waals surface area (Å²) in [6.45, 7) is 5.55. The van der Waals surface area contributed by atoms with E-state index >= 15 is 0 Å². The number of para-hydroxylation sites is 1. The van der Waals surface area contributed by atoms with Crippen LogP contribution in [0.15, 0.2) is 30.6 Å². The van der Waals surface area contributed by atoms with Gasteiger partial charge in [0.25, 0.3) is 0 Å². The van der Waals surface area contributed by atoms with Crippen molar-refractivity contribution >= 4 is 32.4 Å². The number of benzene rings is 1. The summed E-state index contributed by atoms with van der Waals surface area (Å²) < 4.78 is 8.44. The van der Waals surface area contributed by atoms with Gasteiger partial charge in [-0.2, -0.15) is 0 Å². The number of hydrogen-bond donors (Lipinski definition) is 0. The van der Waals surface area contributed by atoms with E-state index in [2.05, 4.69) is 4.98 Å². The molecule has 0 aliphatic heterocycles. The predicted molar refractivity (Wildman–Crippen MR) is 75.7 cm³/mol. The van der Waals surface area contributed by atoms with Gasteiger partial charge in [0.1, 0.15) is 16.8 Å². The zero-order valence-electron chi connectivity index (χ0n) is 11.0. The number of ether oxygens (including phenoxy) is 1. The Kier molecular flexibility index (Phi) is 2.60. The lowest BCUT2D eigenvalue weighted by molar-refractivity contribution is 0.00660. The Labute approximate surface area is 114 Å². The van der Waals surface area contributed by atoms with Crippen LogP contribution >= 0.6 is 11.3 Å². The fourth-order valence-electron chi connectivity index (χ4n) is 1.92. The summed E-state index contributed by atoms with van der Waals surface area (Å²) in [5.41, 5.74) is 0.935. The molecule has 2 heterocycles. The van der Waals surface area contributed by atoms with Gasteiger partial charge in [-0.3, -0.25) is 4.40 Å². The molecule has 0 spiro atoms. The standard InChI is InChI=1S/C14H14N2O2S/c1-14(2,3)18-13(17)11-12-16(8-15-11)9-6-4-5-7-10(9)19-12/h4-8H,1-3H3. The minimum Gasteiger partial charge on any atom is -0.455 e. The molecule has 0 radical (unpaired) electrons. The van der Waals surface area contributed by atoms with Crippen molar-refractivity contribution in [3.63, 3.8) is 0 Å². The SMILES string of the molecule is CC(C)(C)OC(=O)c1ncn2c1sc1ccccc12. The van der Waals surface area contributed by atoms with Crippen LogP contribution in [0.4, 0.5) is 0 Å². The zero-order valence-corrected chi connectivity index (χ0v) is 11.8. The van der Waals surface area contributed by atoms with Gasteiger partial charge in [-0.25, -0.2) is 9.78 Å². The van der Waals surface area contributed by atoms with Gasteiger partial charge in [0.2, 0.25) is 0 Å². The van der Waals surface area contributed by atoms with Crippen molar-refractivity contribution in [2.75, 3.05) is 0 Å². The molecular weight excluding hydrogens is 260 g/mol. The average Bonchev–Trinajstić information content (AvgIpc) is 2.84. The van der Waals surface area contributed by atoms with Crippen molar-refractivity contribution in [2.45, 2.75) is 26.4 Å². The molecule has 19 heavy (non-hydrogen) atoms. The van der Waals surface area contributed by atoms with Gasteiger partial charge < -0.3 is 4.74 Å². The topological polar surface area (TPSA) is 43.6 Å². The highest BCUT2D eigenvalue weighted by molar-refractivity contribution is 7.24. The summed E-state index contributed by atoms with van der Waals surface area (Å²) in [6, 6.07) is 8.01. The van der Waals surface area contributed by atoms with E-state index < -0.39 is 5.60 Å². The minimum absolute atomic E-state index is 0.374. The Hall–Kier alpha value is -1.88.